The van der Waals surface area contributed by atoms with Crippen molar-refractivity contribution in [2.75, 3.05) is 6.54 Å². The van der Waals surface area contributed by atoms with Crippen LogP contribution in [0.15, 0.2) is 11.1 Å². The van der Waals surface area contributed by atoms with Crippen molar-refractivity contribution in [2.45, 2.75) is 38.8 Å². The number of fused-ring (bicyclic) bond motifs is 1. The smallest absolute Gasteiger partial charge is 0.255 e. The van der Waals surface area contributed by atoms with Crippen LogP contribution < -0.4 is 5.56 Å². The van der Waals surface area contributed by atoms with E-state index < -0.39 is 0 Å². The second-order valence-electron chi connectivity index (χ2n) is 5.11. The Balaban J connectivity index is 1.81. The summed E-state index contributed by atoms with van der Waals surface area (Å²) in [5.74, 6) is 0.860. The number of aromatic amines is 1. The van der Waals surface area contributed by atoms with Crippen LogP contribution in [0.1, 0.15) is 31.0 Å². The Morgan fingerprint density at radius 2 is 2.31 bits per heavy atom. The van der Waals surface area contributed by atoms with Crippen LogP contribution in [0.25, 0.3) is 0 Å². The van der Waals surface area contributed by atoms with E-state index in [9.17, 15) is 4.79 Å². The van der Waals surface area contributed by atoms with Gasteiger partial charge in [0.25, 0.3) is 5.56 Å². The molecule has 86 valence electrons. The molecule has 4 nitrogen and oxygen atoms in total. The van der Waals surface area contributed by atoms with Crippen LogP contribution in [0.4, 0.5) is 0 Å². The number of hydrogen-bond donors (Lipinski definition) is 1. The number of hydrogen-bond acceptors (Lipinski definition) is 3. The van der Waals surface area contributed by atoms with E-state index in [0.29, 0.717) is 6.04 Å². The van der Waals surface area contributed by atoms with Crippen LogP contribution in [0.2, 0.25) is 0 Å². The van der Waals surface area contributed by atoms with Gasteiger partial charge < -0.3 is 4.98 Å². The Labute approximate surface area is 94.7 Å². The minimum atomic E-state index is 0.0436. The highest BCUT2D eigenvalue weighted by Gasteiger charge is 2.33. The first-order valence-electron chi connectivity index (χ1n) is 6.03. The fraction of sp³-hybridized carbons (Fsp3) is 0.667. The molecule has 1 aliphatic carbocycles. The van der Waals surface area contributed by atoms with E-state index in [1.54, 1.807) is 0 Å². The second kappa shape index (κ2) is 3.70. The molecule has 3 rings (SSSR count). The average Bonchev–Trinajstić information content (AvgIpc) is 2.25. The van der Waals surface area contributed by atoms with Gasteiger partial charge in [0, 0.05) is 25.6 Å². The second-order valence-corrected chi connectivity index (χ2v) is 5.11. The molecule has 0 unspecified atom stereocenters. The molecule has 0 aromatic carbocycles. The maximum atomic E-state index is 11.7. The zero-order valence-electron chi connectivity index (χ0n) is 9.57. The molecule has 4 heteroatoms. The van der Waals surface area contributed by atoms with Gasteiger partial charge in [-0.2, -0.15) is 0 Å². The largest absolute Gasteiger partial charge is 0.313 e. The zero-order chi connectivity index (χ0) is 11.1. The van der Waals surface area contributed by atoms with Gasteiger partial charge >= 0.3 is 0 Å². The van der Waals surface area contributed by atoms with Crippen molar-refractivity contribution in [1.29, 1.82) is 0 Å². The molecule has 2 aliphatic rings. The van der Waals surface area contributed by atoms with Gasteiger partial charge in [-0.1, -0.05) is 6.92 Å². The van der Waals surface area contributed by atoms with Crippen LogP contribution in [0, 0.1) is 5.92 Å². The molecule has 16 heavy (non-hydrogen) atoms. The molecule has 0 atom stereocenters. The topological polar surface area (TPSA) is 49.0 Å². The third-order valence-corrected chi connectivity index (χ3v) is 3.90. The first-order valence-corrected chi connectivity index (χ1v) is 6.03. The molecule has 0 spiro atoms. The van der Waals surface area contributed by atoms with Crippen molar-refractivity contribution in [3.8, 4) is 0 Å². The van der Waals surface area contributed by atoms with E-state index in [4.69, 9.17) is 0 Å². The lowest BCUT2D eigenvalue weighted by atomic mass is 9.80. The van der Waals surface area contributed by atoms with Crippen LogP contribution in [-0.2, 0) is 13.0 Å². The van der Waals surface area contributed by atoms with E-state index in [-0.39, 0.29) is 5.56 Å². The maximum Gasteiger partial charge on any atom is 0.255 e. The van der Waals surface area contributed by atoms with E-state index >= 15 is 0 Å². The lowest BCUT2D eigenvalue weighted by molar-refractivity contribution is 0.0735. The quantitative estimate of drug-likeness (QED) is 0.764. The first kappa shape index (κ1) is 10.0. The predicted molar refractivity (Wildman–Crippen MR) is 61.2 cm³/mol. The molecule has 0 bridgehead atoms. The summed E-state index contributed by atoms with van der Waals surface area (Å²) >= 11 is 0. The molecule has 1 aliphatic heterocycles. The predicted octanol–water partition coefficient (Wildman–Crippen LogP) is 0.926. The van der Waals surface area contributed by atoms with Crippen molar-refractivity contribution in [1.82, 2.24) is 14.9 Å². The van der Waals surface area contributed by atoms with Gasteiger partial charge in [-0.15, -0.1) is 0 Å². The molecule has 1 saturated carbocycles. The van der Waals surface area contributed by atoms with Crippen LogP contribution >= 0.6 is 0 Å². The summed E-state index contributed by atoms with van der Waals surface area (Å²) in [4.78, 5) is 21.0. The van der Waals surface area contributed by atoms with E-state index in [0.717, 1.165) is 36.7 Å². The molecular weight excluding hydrogens is 202 g/mol. The summed E-state index contributed by atoms with van der Waals surface area (Å²) in [7, 11) is 0. The van der Waals surface area contributed by atoms with Gasteiger partial charge in [-0.05, 0) is 18.8 Å². The highest BCUT2D eigenvalue weighted by Crippen LogP contribution is 2.33. The van der Waals surface area contributed by atoms with Gasteiger partial charge in [-0.25, -0.2) is 4.98 Å². The van der Waals surface area contributed by atoms with Crippen molar-refractivity contribution in [3.63, 3.8) is 0 Å². The Bertz CT molecular complexity index is 448. The fourth-order valence-corrected chi connectivity index (χ4v) is 2.84. The first-order chi connectivity index (χ1) is 7.74. The average molecular weight is 219 g/mol. The molecule has 1 N–H and O–H groups in total. The van der Waals surface area contributed by atoms with Gasteiger partial charge in [0.1, 0.15) is 0 Å². The summed E-state index contributed by atoms with van der Waals surface area (Å²) in [6, 6.07) is 0.697. The highest BCUT2D eigenvalue weighted by atomic mass is 16.1. The number of aromatic nitrogens is 2. The Morgan fingerprint density at radius 3 is 3.06 bits per heavy atom. The van der Waals surface area contributed by atoms with Gasteiger partial charge in [0.05, 0.1) is 17.6 Å². The third kappa shape index (κ3) is 1.57. The highest BCUT2D eigenvalue weighted by molar-refractivity contribution is 5.19. The van der Waals surface area contributed by atoms with E-state index in [1.165, 1.54) is 19.2 Å². The fourth-order valence-electron chi connectivity index (χ4n) is 2.84. The molecule has 1 aromatic rings. The number of H-pyrrole nitrogens is 1. The number of nitrogens with one attached hydrogen (secondary N) is 1. The Hall–Kier alpha value is -1.16. The lowest BCUT2D eigenvalue weighted by Gasteiger charge is -2.43. The third-order valence-electron chi connectivity index (χ3n) is 3.90. The SMILES string of the molecule is CC1CC(N2CCc3nc[nH]c(=O)c3C2)C1. The van der Waals surface area contributed by atoms with Crippen molar-refractivity contribution < 1.29 is 0 Å². The summed E-state index contributed by atoms with van der Waals surface area (Å²) < 4.78 is 0. The minimum absolute atomic E-state index is 0.0436. The molecule has 0 radical (unpaired) electrons. The van der Waals surface area contributed by atoms with Gasteiger partial charge in [-0.3, -0.25) is 9.69 Å². The van der Waals surface area contributed by atoms with E-state index in [1.807, 2.05) is 0 Å². The Kier molecular flexibility index (Phi) is 2.32. The summed E-state index contributed by atoms with van der Waals surface area (Å²) in [5, 5.41) is 0. The summed E-state index contributed by atoms with van der Waals surface area (Å²) in [6.07, 6.45) is 5.01. The molecule has 2 heterocycles. The molecule has 1 fully saturated rings. The molecular formula is C12H17N3O. The lowest BCUT2D eigenvalue weighted by Crippen LogP contribution is -2.47. The maximum absolute atomic E-state index is 11.7. The molecule has 1 aromatic heterocycles. The van der Waals surface area contributed by atoms with Crippen molar-refractivity contribution >= 4 is 0 Å². The Morgan fingerprint density at radius 1 is 1.50 bits per heavy atom. The van der Waals surface area contributed by atoms with E-state index in [2.05, 4.69) is 21.8 Å². The van der Waals surface area contributed by atoms with Gasteiger partial charge in [0.2, 0.25) is 0 Å². The summed E-state index contributed by atoms with van der Waals surface area (Å²) in [6.45, 7) is 4.14. The van der Waals surface area contributed by atoms with Crippen LogP contribution in [0.5, 0.6) is 0 Å². The monoisotopic (exact) mass is 219 g/mol. The van der Waals surface area contributed by atoms with Crippen LogP contribution in [-0.4, -0.2) is 27.5 Å². The summed E-state index contributed by atoms with van der Waals surface area (Å²) in [5.41, 5.74) is 1.92. The zero-order valence-corrected chi connectivity index (χ0v) is 9.57. The molecule has 0 amide bonds. The normalized spacial score (nSPS) is 29.6. The van der Waals surface area contributed by atoms with Crippen molar-refractivity contribution in [2.24, 2.45) is 5.92 Å². The van der Waals surface area contributed by atoms with Gasteiger partial charge in [0.15, 0.2) is 0 Å². The molecule has 0 saturated heterocycles. The standard InChI is InChI=1S/C12H17N3O/c1-8-4-9(5-8)15-3-2-11-10(6-15)12(16)14-7-13-11/h7-9H,2-6H2,1H3,(H,13,14,16). The number of rotatable bonds is 1. The number of nitrogens with zero attached hydrogens (tertiary/aromatic N) is 2. The van der Waals surface area contributed by atoms with Crippen LogP contribution in [0.3, 0.4) is 0 Å². The van der Waals surface area contributed by atoms with Crippen molar-refractivity contribution in [3.05, 3.63) is 27.9 Å². The minimum Gasteiger partial charge on any atom is -0.313 e.